The summed E-state index contributed by atoms with van der Waals surface area (Å²) in [7, 11) is 2.05. The third-order valence-electron chi connectivity index (χ3n) is 4.36. The van der Waals surface area contributed by atoms with Gasteiger partial charge in [-0.2, -0.15) is 0 Å². The van der Waals surface area contributed by atoms with Gasteiger partial charge in [0.15, 0.2) is 0 Å². The minimum atomic E-state index is -0.329. The Hall–Kier alpha value is -2.08. The van der Waals surface area contributed by atoms with Gasteiger partial charge in [-0.15, -0.1) is 0 Å². The molecule has 0 radical (unpaired) electrons. The molecular weight excluding hydrogens is 373 g/mol. The van der Waals surface area contributed by atoms with Gasteiger partial charge in [0.05, 0.1) is 10.6 Å². The van der Waals surface area contributed by atoms with E-state index < -0.39 is 0 Å². The molecule has 0 unspecified atom stereocenters. The molecule has 1 saturated heterocycles. The standard InChI is InChI=1S/C19H19Cl2N3O2/c1-23-8-10-24(11-9-23)19(26)13-2-5-15(6-3-13)22-18(25)16-7-4-14(20)12-17(16)21/h2-7,12H,8-11H2,1H3,(H,22,25). The van der Waals surface area contributed by atoms with Crippen LogP contribution >= 0.6 is 23.2 Å². The van der Waals surface area contributed by atoms with Gasteiger partial charge in [0.2, 0.25) is 0 Å². The predicted octanol–water partition coefficient (Wildman–Crippen LogP) is 3.63. The minimum absolute atomic E-state index is 0.0109. The summed E-state index contributed by atoms with van der Waals surface area (Å²) in [6.45, 7) is 3.20. The Bertz CT molecular complexity index is 816. The van der Waals surface area contributed by atoms with Gasteiger partial charge in [-0.1, -0.05) is 23.2 Å². The average molecular weight is 392 g/mol. The number of halogens is 2. The first-order chi connectivity index (χ1) is 12.4. The van der Waals surface area contributed by atoms with Gasteiger partial charge in [-0.25, -0.2) is 0 Å². The smallest absolute Gasteiger partial charge is 0.257 e. The second-order valence-corrected chi connectivity index (χ2v) is 7.09. The molecule has 2 amide bonds. The minimum Gasteiger partial charge on any atom is -0.336 e. The van der Waals surface area contributed by atoms with E-state index in [1.54, 1.807) is 36.4 Å². The second kappa shape index (κ2) is 8.08. The van der Waals surface area contributed by atoms with Crippen LogP contribution in [0.15, 0.2) is 42.5 Å². The zero-order valence-corrected chi connectivity index (χ0v) is 15.8. The van der Waals surface area contributed by atoms with Crippen molar-refractivity contribution in [2.24, 2.45) is 0 Å². The van der Waals surface area contributed by atoms with Crippen LogP contribution in [-0.2, 0) is 0 Å². The van der Waals surface area contributed by atoms with E-state index in [1.165, 1.54) is 6.07 Å². The van der Waals surface area contributed by atoms with Gasteiger partial charge < -0.3 is 15.1 Å². The van der Waals surface area contributed by atoms with Crippen molar-refractivity contribution >= 4 is 40.7 Å². The number of anilines is 1. The van der Waals surface area contributed by atoms with Crippen molar-refractivity contribution in [3.63, 3.8) is 0 Å². The molecular formula is C19H19Cl2N3O2. The van der Waals surface area contributed by atoms with Crippen LogP contribution in [0.5, 0.6) is 0 Å². The third-order valence-corrected chi connectivity index (χ3v) is 4.90. The van der Waals surface area contributed by atoms with Crippen molar-refractivity contribution in [3.8, 4) is 0 Å². The molecule has 26 heavy (non-hydrogen) atoms. The van der Waals surface area contributed by atoms with Crippen LogP contribution in [0.2, 0.25) is 10.0 Å². The molecule has 0 atom stereocenters. The fourth-order valence-corrected chi connectivity index (χ4v) is 3.25. The maximum absolute atomic E-state index is 12.5. The normalized spacial score (nSPS) is 15.0. The number of nitrogens with one attached hydrogen (secondary N) is 1. The van der Waals surface area contributed by atoms with Gasteiger partial charge in [-0.3, -0.25) is 9.59 Å². The lowest BCUT2D eigenvalue weighted by Crippen LogP contribution is -2.47. The van der Waals surface area contributed by atoms with E-state index in [0.717, 1.165) is 26.2 Å². The second-order valence-electron chi connectivity index (χ2n) is 6.25. The number of likely N-dealkylation sites (N-methyl/N-ethyl adjacent to an activating group) is 1. The van der Waals surface area contributed by atoms with E-state index in [4.69, 9.17) is 23.2 Å². The van der Waals surface area contributed by atoms with Crippen molar-refractivity contribution in [2.45, 2.75) is 0 Å². The van der Waals surface area contributed by atoms with Gasteiger partial charge in [0.25, 0.3) is 11.8 Å². The molecule has 1 heterocycles. The highest BCUT2D eigenvalue weighted by Crippen LogP contribution is 2.22. The maximum Gasteiger partial charge on any atom is 0.257 e. The van der Waals surface area contributed by atoms with E-state index in [9.17, 15) is 9.59 Å². The third kappa shape index (κ3) is 4.36. The zero-order chi connectivity index (χ0) is 18.7. The van der Waals surface area contributed by atoms with Gasteiger partial charge in [0.1, 0.15) is 0 Å². The Morgan fingerprint density at radius 3 is 2.23 bits per heavy atom. The first-order valence-corrected chi connectivity index (χ1v) is 9.04. The molecule has 2 aromatic carbocycles. The highest BCUT2D eigenvalue weighted by molar-refractivity contribution is 6.37. The molecule has 0 aromatic heterocycles. The molecule has 1 aliphatic rings. The molecule has 7 heteroatoms. The summed E-state index contributed by atoms with van der Waals surface area (Å²) >= 11 is 11.9. The maximum atomic E-state index is 12.5. The Labute approximate surface area is 162 Å². The van der Waals surface area contributed by atoms with Gasteiger partial charge in [-0.05, 0) is 49.5 Å². The van der Waals surface area contributed by atoms with Crippen LogP contribution in [0, 0.1) is 0 Å². The Morgan fingerprint density at radius 1 is 0.962 bits per heavy atom. The van der Waals surface area contributed by atoms with E-state index in [1.807, 2.05) is 11.9 Å². The molecule has 1 aliphatic heterocycles. The lowest BCUT2D eigenvalue weighted by Gasteiger charge is -2.32. The molecule has 0 spiro atoms. The van der Waals surface area contributed by atoms with E-state index >= 15 is 0 Å². The summed E-state index contributed by atoms with van der Waals surface area (Å²) in [5.41, 5.74) is 1.54. The number of hydrogen-bond acceptors (Lipinski definition) is 3. The summed E-state index contributed by atoms with van der Waals surface area (Å²) in [6, 6.07) is 11.6. The molecule has 0 bridgehead atoms. The number of carbonyl (C=O) groups is 2. The fraction of sp³-hybridized carbons (Fsp3) is 0.263. The molecule has 2 aromatic rings. The van der Waals surface area contributed by atoms with Crippen LogP contribution < -0.4 is 5.32 Å². The summed E-state index contributed by atoms with van der Waals surface area (Å²) < 4.78 is 0. The molecule has 3 rings (SSSR count). The fourth-order valence-electron chi connectivity index (χ4n) is 2.76. The largest absolute Gasteiger partial charge is 0.336 e. The number of benzene rings is 2. The van der Waals surface area contributed by atoms with Crippen LogP contribution in [0.3, 0.4) is 0 Å². The molecule has 0 saturated carbocycles. The van der Waals surface area contributed by atoms with Gasteiger partial charge in [0, 0.05) is 42.5 Å². The van der Waals surface area contributed by atoms with E-state index in [0.29, 0.717) is 21.8 Å². The number of hydrogen-bond donors (Lipinski definition) is 1. The monoisotopic (exact) mass is 391 g/mol. The van der Waals surface area contributed by atoms with Crippen molar-refractivity contribution in [1.29, 1.82) is 0 Å². The predicted molar refractivity (Wildman–Crippen MR) is 104 cm³/mol. The first-order valence-electron chi connectivity index (χ1n) is 8.28. The summed E-state index contributed by atoms with van der Waals surface area (Å²) in [5, 5.41) is 3.53. The molecule has 5 nitrogen and oxygen atoms in total. The number of nitrogens with zero attached hydrogens (tertiary/aromatic N) is 2. The lowest BCUT2D eigenvalue weighted by molar-refractivity contribution is 0.0664. The highest BCUT2D eigenvalue weighted by Gasteiger charge is 2.20. The van der Waals surface area contributed by atoms with Crippen molar-refractivity contribution in [1.82, 2.24) is 9.80 Å². The Balaban J connectivity index is 1.65. The van der Waals surface area contributed by atoms with Gasteiger partial charge >= 0.3 is 0 Å². The van der Waals surface area contributed by atoms with Crippen LogP contribution in [0.1, 0.15) is 20.7 Å². The molecule has 0 aliphatic carbocycles. The van der Waals surface area contributed by atoms with Crippen LogP contribution in [-0.4, -0.2) is 54.8 Å². The van der Waals surface area contributed by atoms with Crippen LogP contribution in [0.4, 0.5) is 5.69 Å². The van der Waals surface area contributed by atoms with E-state index in [-0.39, 0.29) is 16.8 Å². The van der Waals surface area contributed by atoms with Crippen LogP contribution in [0.25, 0.3) is 0 Å². The molecule has 1 N–H and O–H groups in total. The molecule has 136 valence electrons. The quantitative estimate of drug-likeness (QED) is 0.868. The van der Waals surface area contributed by atoms with E-state index in [2.05, 4.69) is 10.2 Å². The van der Waals surface area contributed by atoms with Crippen molar-refractivity contribution < 1.29 is 9.59 Å². The average Bonchev–Trinajstić information content (AvgIpc) is 2.62. The topological polar surface area (TPSA) is 52.6 Å². The number of carbonyl (C=O) groups excluding carboxylic acids is 2. The summed E-state index contributed by atoms with van der Waals surface area (Å²) in [6.07, 6.45) is 0. The van der Waals surface area contributed by atoms with Crippen molar-refractivity contribution in [2.75, 3.05) is 38.5 Å². The molecule has 1 fully saturated rings. The number of amides is 2. The number of piperazine rings is 1. The SMILES string of the molecule is CN1CCN(C(=O)c2ccc(NC(=O)c3ccc(Cl)cc3Cl)cc2)CC1. The summed E-state index contributed by atoms with van der Waals surface area (Å²) in [5.74, 6) is -0.318. The number of rotatable bonds is 3. The Kier molecular flexibility index (Phi) is 5.81. The zero-order valence-electron chi connectivity index (χ0n) is 14.3. The Morgan fingerprint density at radius 2 is 1.62 bits per heavy atom. The lowest BCUT2D eigenvalue weighted by atomic mass is 10.1. The summed E-state index contributed by atoms with van der Waals surface area (Å²) in [4.78, 5) is 28.9. The first kappa shape index (κ1) is 18.7. The van der Waals surface area contributed by atoms with Crippen molar-refractivity contribution in [3.05, 3.63) is 63.6 Å². The highest BCUT2D eigenvalue weighted by atomic mass is 35.5.